The Morgan fingerprint density at radius 2 is 1.81 bits per heavy atom. The standard InChI is InChI=1S/C21H19N3OS/c1-14-5-6-16(13-18(14)25-2)19-20(15-7-9-17(26-3)10-8-15)24-12-4-11-22-21(24)23-19/h4-13H,1-3H3. The Hall–Kier alpha value is -2.79. The number of aromatic nitrogens is 3. The molecule has 5 heteroatoms. The van der Waals surface area contributed by atoms with Gasteiger partial charge >= 0.3 is 0 Å². The van der Waals surface area contributed by atoms with E-state index < -0.39 is 0 Å². The van der Waals surface area contributed by atoms with Crippen LogP contribution in [0.1, 0.15) is 5.56 Å². The van der Waals surface area contributed by atoms with Crippen molar-refractivity contribution in [3.63, 3.8) is 0 Å². The number of rotatable bonds is 4. The molecule has 0 aliphatic rings. The van der Waals surface area contributed by atoms with Crippen molar-refractivity contribution in [1.82, 2.24) is 14.4 Å². The molecule has 4 aromatic rings. The number of hydrogen-bond donors (Lipinski definition) is 0. The van der Waals surface area contributed by atoms with Gasteiger partial charge in [0.15, 0.2) is 0 Å². The van der Waals surface area contributed by atoms with Crippen LogP contribution in [0.25, 0.3) is 28.3 Å². The Morgan fingerprint density at radius 3 is 2.54 bits per heavy atom. The Kier molecular flexibility index (Phi) is 4.39. The highest BCUT2D eigenvalue weighted by Crippen LogP contribution is 2.35. The molecule has 130 valence electrons. The van der Waals surface area contributed by atoms with Crippen molar-refractivity contribution in [3.8, 4) is 28.3 Å². The van der Waals surface area contributed by atoms with E-state index in [9.17, 15) is 0 Å². The van der Waals surface area contributed by atoms with Crippen molar-refractivity contribution in [2.45, 2.75) is 11.8 Å². The van der Waals surface area contributed by atoms with Gasteiger partial charge in [-0.1, -0.05) is 24.3 Å². The Labute approximate surface area is 156 Å². The molecule has 2 aromatic heterocycles. The summed E-state index contributed by atoms with van der Waals surface area (Å²) < 4.78 is 7.54. The maximum absolute atomic E-state index is 5.50. The lowest BCUT2D eigenvalue weighted by Gasteiger charge is -2.09. The highest BCUT2D eigenvalue weighted by Gasteiger charge is 2.17. The first kappa shape index (κ1) is 16.7. The second-order valence-electron chi connectivity index (χ2n) is 6.01. The predicted octanol–water partition coefficient (Wildman–Crippen LogP) is 5.10. The first-order chi connectivity index (χ1) is 12.7. The molecular weight excluding hydrogens is 342 g/mol. The molecule has 4 rings (SSSR count). The topological polar surface area (TPSA) is 39.4 Å². The van der Waals surface area contributed by atoms with E-state index in [0.717, 1.165) is 33.8 Å². The van der Waals surface area contributed by atoms with Crippen molar-refractivity contribution in [1.29, 1.82) is 0 Å². The molecule has 0 amide bonds. The molecule has 0 saturated heterocycles. The fraction of sp³-hybridized carbons (Fsp3) is 0.143. The Balaban J connectivity index is 1.97. The van der Waals surface area contributed by atoms with E-state index in [1.807, 2.05) is 29.7 Å². The lowest BCUT2D eigenvalue weighted by Crippen LogP contribution is -1.92. The largest absolute Gasteiger partial charge is 0.496 e. The molecule has 0 aliphatic heterocycles. The minimum Gasteiger partial charge on any atom is -0.496 e. The van der Waals surface area contributed by atoms with E-state index in [-0.39, 0.29) is 0 Å². The summed E-state index contributed by atoms with van der Waals surface area (Å²) in [5, 5.41) is 0. The summed E-state index contributed by atoms with van der Waals surface area (Å²) in [6.07, 6.45) is 5.85. The molecule has 0 atom stereocenters. The van der Waals surface area contributed by atoms with Gasteiger partial charge in [0, 0.05) is 28.4 Å². The van der Waals surface area contributed by atoms with E-state index in [1.165, 1.54) is 4.90 Å². The molecule has 4 nitrogen and oxygen atoms in total. The van der Waals surface area contributed by atoms with Crippen LogP contribution < -0.4 is 4.74 Å². The van der Waals surface area contributed by atoms with E-state index in [1.54, 1.807) is 25.1 Å². The first-order valence-corrected chi connectivity index (χ1v) is 9.56. The summed E-state index contributed by atoms with van der Waals surface area (Å²) in [5.74, 6) is 1.54. The summed E-state index contributed by atoms with van der Waals surface area (Å²) in [5.41, 5.74) is 5.16. The summed E-state index contributed by atoms with van der Waals surface area (Å²) in [6, 6.07) is 16.6. The van der Waals surface area contributed by atoms with E-state index in [4.69, 9.17) is 9.72 Å². The van der Waals surface area contributed by atoms with Crippen LogP contribution in [0.15, 0.2) is 65.8 Å². The number of thioether (sulfide) groups is 1. The van der Waals surface area contributed by atoms with E-state index in [2.05, 4.69) is 47.6 Å². The van der Waals surface area contributed by atoms with Crippen molar-refractivity contribution in [2.75, 3.05) is 13.4 Å². The summed E-state index contributed by atoms with van der Waals surface area (Å²) in [6.45, 7) is 2.04. The Morgan fingerprint density at radius 1 is 1.04 bits per heavy atom. The van der Waals surface area contributed by atoms with Crippen molar-refractivity contribution >= 4 is 17.5 Å². The van der Waals surface area contributed by atoms with Crippen LogP contribution in [0.4, 0.5) is 0 Å². The number of hydrogen-bond acceptors (Lipinski definition) is 4. The van der Waals surface area contributed by atoms with Crippen LogP contribution in [-0.2, 0) is 0 Å². The van der Waals surface area contributed by atoms with Gasteiger partial charge in [0.25, 0.3) is 0 Å². The highest BCUT2D eigenvalue weighted by atomic mass is 32.2. The van der Waals surface area contributed by atoms with Crippen LogP contribution in [0.5, 0.6) is 5.75 Å². The maximum atomic E-state index is 5.50. The number of imidazole rings is 1. The first-order valence-electron chi connectivity index (χ1n) is 8.34. The molecule has 26 heavy (non-hydrogen) atoms. The van der Waals surface area contributed by atoms with Crippen molar-refractivity contribution < 1.29 is 4.74 Å². The van der Waals surface area contributed by atoms with Crippen molar-refractivity contribution in [2.24, 2.45) is 0 Å². The zero-order valence-electron chi connectivity index (χ0n) is 14.9. The third-order valence-corrected chi connectivity index (χ3v) is 5.19. The van der Waals surface area contributed by atoms with Gasteiger partial charge in [-0.15, -0.1) is 11.8 Å². The molecule has 0 N–H and O–H groups in total. The molecule has 0 saturated carbocycles. The molecule has 2 heterocycles. The molecule has 0 spiro atoms. The second kappa shape index (κ2) is 6.84. The van der Waals surface area contributed by atoms with Gasteiger partial charge in [-0.05, 0) is 43.0 Å². The molecule has 2 aromatic carbocycles. The third-order valence-electron chi connectivity index (χ3n) is 4.45. The Bertz CT molecular complexity index is 1070. The third kappa shape index (κ3) is 2.84. The normalized spacial score (nSPS) is 11.0. The van der Waals surface area contributed by atoms with Crippen LogP contribution in [0.2, 0.25) is 0 Å². The number of ether oxygens (including phenoxy) is 1. The summed E-state index contributed by atoms with van der Waals surface area (Å²) in [7, 11) is 1.69. The zero-order chi connectivity index (χ0) is 18.1. The SMILES string of the molecule is COc1cc(-c2nc3ncccn3c2-c2ccc(SC)cc2)ccc1C. The van der Waals surface area contributed by atoms with Crippen LogP contribution in [0, 0.1) is 6.92 Å². The van der Waals surface area contributed by atoms with Gasteiger partial charge in [-0.2, -0.15) is 0 Å². The predicted molar refractivity (Wildman–Crippen MR) is 107 cm³/mol. The van der Waals surface area contributed by atoms with Gasteiger partial charge in [-0.3, -0.25) is 4.40 Å². The quantitative estimate of drug-likeness (QED) is 0.474. The lowest BCUT2D eigenvalue weighted by molar-refractivity contribution is 0.412. The summed E-state index contributed by atoms with van der Waals surface area (Å²) >= 11 is 1.73. The van der Waals surface area contributed by atoms with Crippen LogP contribution in [-0.4, -0.2) is 27.7 Å². The number of aryl methyl sites for hydroxylation is 1. The van der Waals surface area contributed by atoms with Gasteiger partial charge in [-0.25, -0.2) is 9.97 Å². The number of methoxy groups -OCH3 is 1. The minimum absolute atomic E-state index is 0.686. The fourth-order valence-corrected chi connectivity index (χ4v) is 3.49. The molecule has 0 radical (unpaired) electrons. The molecule has 0 aliphatic carbocycles. The lowest BCUT2D eigenvalue weighted by atomic mass is 10.0. The molecular formula is C21H19N3OS. The maximum Gasteiger partial charge on any atom is 0.234 e. The molecule has 0 bridgehead atoms. The fourth-order valence-electron chi connectivity index (χ4n) is 3.08. The minimum atomic E-state index is 0.686. The number of benzene rings is 2. The van der Waals surface area contributed by atoms with Gasteiger partial charge in [0.1, 0.15) is 5.75 Å². The summed E-state index contributed by atoms with van der Waals surface area (Å²) in [4.78, 5) is 10.5. The monoisotopic (exact) mass is 361 g/mol. The van der Waals surface area contributed by atoms with Gasteiger partial charge < -0.3 is 4.74 Å². The van der Waals surface area contributed by atoms with Crippen LogP contribution in [0.3, 0.4) is 0 Å². The smallest absolute Gasteiger partial charge is 0.234 e. The van der Waals surface area contributed by atoms with E-state index >= 15 is 0 Å². The average molecular weight is 361 g/mol. The van der Waals surface area contributed by atoms with Gasteiger partial charge in [0.2, 0.25) is 5.78 Å². The van der Waals surface area contributed by atoms with Crippen LogP contribution >= 0.6 is 11.8 Å². The van der Waals surface area contributed by atoms with Crippen molar-refractivity contribution in [3.05, 3.63) is 66.5 Å². The van der Waals surface area contributed by atoms with E-state index in [0.29, 0.717) is 5.78 Å². The highest BCUT2D eigenvalue weighted by molar-refractivity contribution is 7.98. The second-order valence-corrected chi connectivity index (χ2v) is 6.89. The number of nitrogens with zero attached hydrogens (tertiary/aromatic N) is 3. The zero-order valence-corrected chi connectivity index (χ0v) is 15.7. The van der Waals surface area contributed by atoms with Gasteiger partial charge in [0.05, 0.1) is 18.5 Å². The number of fused-ring (bicyclic) bond motifs is 1. The average Bonchev–Trinajstić information content (AvgIpc) is 3.08. The molecule has 0 unspecified atom stereocenters. The molecule has 0 fully saturated rings.